The Balaban J connectivity index is 1.89. The number of nitrogens with zero attached hydrogens (tertiary/aromatic N) is 2. The van der Waals surface area contributed by atoms with Gasteiger partial charge < -0.3 is 5.32 Å². The molecule has 1 N–H and O–H groups in total. The van der Waals surface area contributed by atoms with Gasteiger partial charge in [0.2, 0.25) is 15.9 Å². The monoisotopic (exact) mass is 419 g/mol. The van der Waals surface area contributed by atoms with Crippen molar-refractivity contribution in [2.24, 2.45) is 0 Å². The largest absolute Gasteiger partial charge is 0.324 e. The molecule has 0 radical (unpaired) electrons. The van der Waals surface area contributed by atoms with Crippen molar-refractivity contribution in [1.82, 2.24) is 4.57 Å². The molecule has 9 heteroatoms. The Morgan fingerprint density at radius 3 is 2.50 bits per heavy atom. The van der Waals surface area contributed by atoms with Crippen LogP contribution in [0, 0.1) is 0 Å². The average molecular weight is 420 g/mol. The second-order valence-corrected chi connectivity index (χ2v) is 9.21. The number of hydrogen-bond donors (Lipinski definition) is 1. The molecule has 0 fully saturated rings. The number of aryl methyl sites for hydroxylation is 1. The van der Waals surface area contributed by atoms with Crippen molar-refractivity contribution in [3.05, 3.63) is 58.2 Å². The van der Waals surface area contributed by atoms with Crippen molar-refractivity contribution in [1.29, 1.82) is 0 Å². The summed E-state index contributed by atoms with van der Waals surface area (Å²) in [5.41, 5.74) is 1.74. The van der Waals surface area contributed by atoms with E-state index in [1.807, 2.05) is 6.92 Å². The smallest absolute Gasteiger partial charge is 0.308 e. The molecule has 1 atom stereocenters. The first-order chi connectivity index (χ1) is 13.2. The van der Waals surface area contributed by atoms with Gasteiger partial charge in [0, 0.05) is 12.2 Å². The van der Waals surface area contributed by atoms with E-state index in [2.05, 4.69) is 5.32 Å². The highest BCUT2D eigenvalue weighted by molar-refractivity contribution is 7.92. The maximum absolute atomic E-state index is 12.8. The predicted octanol–water partition coefficient (Wildman–Crippen LogP) is 2.88. The average Bonchev–Trinajstić information content (AvgIpc) is 2.95. The lowest BCUT2D eigenvalue weighted by molar-refractivity contribution is -0.116. The number of aromatic nitrogens is 1. The number of sulfonamides is 1. The molecule has 1 unspecified atom stereocenters. The van der Waals surface area contributed by atoms with E-state index in [0.717, 1.165) is 32.1 Å². The van der Waals surface area contributed by atoms with E-state index in [-0.39, 0.29) is 4.87 Å². The maximum Gasteiger partial charge on any atom is 0.308 e. The van der Waals surface area contributed by atoms with E-state index in [9.17, 15) is 18.0 Å². The summed E-state index contributed by atoms with van der Waals surface area (Å²) in [5.74, 6) is -0.462. The number of amides is 1. The number of carbonyl (C=O) groups is 1. The van der Waals surface area contributed by atoms with Crippen molar-refractivity contribution < 1.29 is 13.2 Å². The first-order valence-corrected chi connectivity index (χ1v) is 11.4. The molecule has 2 aromatic carbocycles. The summed E-state index contributed by atoms with van der Waals surface area (Å²) in [6.07, 6.45) is 1.07. The van der Waals surface area contributed by atoms with E-state index in [1.165, 1.54) is 6.92 Å². The van der Waals surface area contributed by atoms with Crippen molar-refractivity contribution in [2.45, 2.75) is 26.4 Å². The summed E-state index contributed by atoms with van der Waals surface area (Å²) in [6, 6.07) is 12.7. The SMILES string of the molecule is CCn1c(=O)sc2cc(NC(=O)C(C)N(c3ccccc3)S(C)(=O)=O)ccc21. The molecule has 1 heterocycles. The molecule has 0 bridgehead atoms. The summed E-state index contributed by atoms with van der Waals surface area (Å²) in [4.78, 5) is 24.7. The van der Waals surface area contributed by atoms with Crippen LogP contribution in [0.3, 0.4) is 0 Å². The van der Waals surface area contributed by atoms with Gasteiger partial charge in [-0.1, -0.05) is 29.5 Å². The van der Waals surface area contributed by atoms with Gasteiger partial charge >= 0.3 is 4.87 Å². The Bertz CT molecular complexity index is 1170. The van der Waals surface area contributed by atoms with Crippen LogP contribution in [0.15, 0.2) is 53.3 Å². The van der Waals surface area contributed by atoms with Crippen LogP contribution in [0.5, 0.6) is 0 Å². The minimum absolute atomic E-state index is 0.0540. The van der Waals surface area contributed by atoms with E-state index in [4.69, 9.17) is 0 Å². The van der Waals surface area contributed by atoms with Crippen LogP contribution < -0.4 is 14.5 Å². The topological polar surface area (TPSA) is 88.5 Å². The number of para-hydroxylation sites is 1. The van der Waals surface area contributed by atoms with Gasteiger partial charge in [-0.15, -0.1) is 0 Å². The van der Waals surface area contributed by atoms with Gasteiger partial charge in [0.15, 0.2) is 0 Å². The molecular formula is C19H21N3O4S2. The minimum atomic E-state index is -3.66. The van der Waals surface area contributed by atoms with Crippen LogP contribution >= 0.6 is 11.3 Å². The van der Waals surface area contributed by atoms with Crippen LogP contribution in [0.1, 0.15) is 13.8 Å². The highest BCUT2D eigenvalue weighted by Gasteiger charge is 2.29. The summed E-state index contributed by atoms with van der Waals surface area (Å²) in [7, 11) is -3.66. The van der Waals surface area contributed by atoms with Crippen molar-refractivity contribution >= 4 is 48.9 Å². The normalized spacial score (nSPS) is 12.7. The van der Waals surface area contributed by atoms with E-state index >= 15 is 0 Å². The lowest BCUT2D eigenvalue weighted by atomic mass is 10.2. The van der Waals surface area contributed by atoms with Gasteiger partial charge in [-0.25, -0.2) is 8.42 Å². The fourth-order valence-electron chi connectivity index (χ4n) is 3.07. The molecule has 3 aromatic rings. The Kier molecular flexibility index (Phi) is 5.57. The summed E-state index contributed by atoms with van der Waals surface area (Å²) in [6.45, 7) is 4.00. The van der Waals surface area contributed by atoms with Gasteiger partial charge in [-0.05, 0) is 44.2 Å². The van der Waals surface area contributed by atoms with Gasteiger partial charge in [0.1, 0.15) is 6.04 Å². The number of fused-ring (bicyclic) bond motifs is 1. The van der Waals surface area contributed by atoms with E-state index < -0.39 is 22.0 Å². The zero-order chi connectivity index (χ0) is 20.5. The molecule has 3 rings (SSSR count). The highest BCUT2D eigenvalue weighted by atomic mass is 32.2. The molecule has 0 aliphatic rings. The van der Waals surface area contributed by atoms with Gasteiger partial charge in [0.05, 0.1) is 22.2 Å². The molecule has 148 valence electrons. The summed E-state index contributed by atoms with van der Waals surface area (Å²) in [5, 5.41) is 2.75. The standard InChI is InChI=1S/C19H21N3O4S2/c1-4-21-16-11-10-14(12-17(16)27-19(21)24)20-18(23)13(2)22(28(3,25)26)15-8-6-5-7-9-15/h5-13H,4H2,1-3H3,(H,20,23). The molecule has 1 aromatic heterocycles. The fraction of sp³-hybridized carbons (Fsp3) is 0.263. The Hall–Kier alpha value is -2.65. The summed E-state index contributed by atoms with van der Waals surface area (Å²) >= 11 is 1.11. The van der Waals surface area contributed by atoms with Crippen molar-refractivity contribution in [2.75, 3.05) is 15.9 Å². The number of rotatable bonds is 6. The maximum atomic E-state index is 12.8. The first-order valence-electron chi connectivity index (χ1n) is 8.71. The van der Waals surface area contributed by atoms with Crippen molar-refractivity contribution in [3.63, 3.8) is 0 Å². The second-order valence-electron chi connectivity index (χ2n) is 6.35. The Labute approximate surface area is 167 Å². The zero-order valence-electron chi connectivity index (χ0n) is 15.7. The van der Waals surface area contributed by atoms with E-state index in [0.29, 0.717) is 17.9 Å². The molecule has 0 saturated heterocycles. The van der Waals surface area contributed by atoms with Gasteiger partial charge in [-0.2, -0.15) is 0 Å². The van der Waals surface area contributed by atoms with E-state index in [1.54, 1.807) is 53.1 Å². The third-order valence-corrected chi connectivity index (χ3v) is 6.53. The predicted molar refractivity (Wildman–Crippen MR) is 114 cm³/mol. The van der Waals surface area contributed by atoms with Crippen LogP contribution in [-0.4, -0.2) is 31.2 Å². The van der Waals surface area contributed by atoms with Crippen LogP contribution in [0.2, 0.25) is 0 Å². The number of anilines is 2. The minimum Gasteiger partial charge on any atom is -0.324 e. The number of hydrogen-bond acceptors (Lipinski definition) is 5. The highest BCUT2D eigenvalue weighted by Crippen LogP contribution is 2.24. The van der Waals surface area contributed by atoms with Crippen LogP contribution in [-0.2, 0) is 21.4 Å². The molecule has 0 aliphatic heterocycles. The molecule has 28 heavy (non-hydrogen) atoms. The molecule has 0 aliphatic carbocycles. The molecule has 0 saturated carbocycles. The quantitative estimate of drug-likeness (QED) is 0.665. The third kappa shape index (κ3) is 3.95. The zero-order valence-corrected chi connectivity index (χ0v) is 17.4. The van der Waals surface area contributed by atoms with Crippen LogP contribution in [0.25, 0.3) is 10.2 Å². The van der Waals surface area contributed by atoms with Crippen molar-refractivity contribution in [3.8, 4) is 0 Å². The number of carbonyl (C=O) groups excluding carboxylic acids is 1. The lowest BCUT2D eigenvalue weighted by Gasteiger charge is -2.28. The molecule has 7 nitrogen and oxygen atoms in total. The number of benzene rings is 2. The Morgan fingerprint density at radius 2 is 1.89 bits per heavy atom. The molecule has 1 amide bonds. The molecule has 0 spiro atoms. The van der Waals surface area contributed by atoms with Gasteiger partial charge in [0.25, 0.3) is 0 Å². The first kappa shape index (κ1) is 20.1. The van der Waals surface area contributed by atoms with Gasteiger partial charge in [-0.3, -0.25) is 18.5 Å². The number of nitrogens with one attached hydrogen (secondary N) is 1. The number of thiazole rings is 1. The third-order valence-electron chi connectivity index (χ3n) is 4.35. The van der Waals surface area contributed by atoms with Crippen LogP contribution in [0.4, 0.5) is 11.4 Å². The Morgan fingerprint density at radius 1 is 1.21 bits per heavy atom. The second kappa shape index (κ2) is 7.76. The summed E-state index contributed by atoms with van der Waals surface area (Å²) < 4.78 is 28.1. The lowest BCUT2D eigenvalue weighted by Crippen LogP contribution is -2.45. The fourth-order valence-corrected chi connectivity index (χ4v) is 5.24. The molecular weight excluding hydrogens is 398 g/mol.